The molecule has 0 fully saturated rings. The number of ether oxygens (including phenoxy) is 1. The van der Waals surface area contributed by atoms with Gasteiger partial charge >= 0.3 is 0 Å². The van der Waals surface area contributed by atoms with Crippen LogP contribution in [-0.4, -0.2) is 33.0 Å². The van der Waals surface area contributed by atoms with Gasteiger partial charge in [-0.1, -0.05) is 0 Å². The van der Waals surface area contributed by atoms with Gasteiger partial charge in [-0.15, -0.1) is 0 Å². The minimum atomic E-state index is -0.0942. The molecule has 0 bridgehead atoms. The highest BCUT2D eigenvalue weighted by molar-refractivity contribution is 7.71. The third-order valence-corrected chi connectivity index (χ3v) is 3.18. The van der Waals surface area contributed by atoms with Gasteiger partial charge < -0.3 is 13.9 Å². The van der Waals surface area contributed by atoms with Gasteiger partial charge in [0.15, 0.2) is 10.6 Å². The van der Waals surface area contributed by atoms with Crippen LogP contribution in [0.25, 0.3) is 11.4 Å². The highest BCUT2D eigenvalue weighted by Crippen LogP contribution is 2.12. The van der Waals surface area contributed by atoms with E-state index in [0.29, 0.717) is 35.9 Å². The number of aromatic amines is 1. The molecule has 2 heterocycles. The van der Waals surface area contributed by atoms with Gasteiger partial charge in [0.1, 0.15) is 0 Å². The molecule has 0 unspecified atom stereocenters. The zero-order valence-electron chi connectivity index (χ0n) is 10.9. The monoisotopic (exact) mass is 280 g/mol. The summed E-state index contributed by atoms with van der Waals surface area (Å²) in [5.41, 5.74) is 0.441. The number of methoxy groups -OCH3 is 1. The van der Waals surface area contributed by atoms with E-state index in [9.17, 15) is 4.79 Å². The van der Waals surface area contributed by atoms with Crippen LogP contribution in [0, 0.1) is 4.77 Å². The van der Waals surface area contributed by atoms with Crippen LogP contribution in [0.2, 0.25) is 0 Å². The Morgan fingerprint density at radius 2 is 2.32 bits per heavy atom. The average molecular weight is 280 g/mol. The molecule has 0 aliphatic carbocycles. The van der Waals surface area contributed by atoms with Crippen LogP contribution in [-0.2, 0) is 17.8 Å². The summed E-state index contributed by atoms with van der Waals surface area (Å²) in [5, 5.41) is 6.86. The van der Waals surface area contributed by atoms with Crippen molar-refractivity contribution in [2.24, 2.45) is 0 Å². The summed E-state index contributed by atoms with van der Waals surface area (Å²) in [5.74, 6) is 0.573. The van der Waals surface area contributed by atoms with Crippen molar-refractivity contribution >= 4 is 12.2 Å². The number of pyridine rings is 1. The van der Waals surface area contributed by atoms with E-state index in [1.165, 1.54) is 0 Å². The SMILES string of the molecule is CCn1c(-c2cccn(CCOC)c2=O)n[nH]c1=S. The number of rotatable bonds is 5. The van der Waals surface area contributed by atoms with Gasteiger partial charge in [0.2, 0.25) is 0 Å². The molecule has 0 amide bonds. The van der Waals surface area contributed by atoms with Crippen molar-refractivity contribution < 1.29 is 4.74 Å². The first-order valence-corrected chi connectivity index (χ1v) is 6.43. The summed E-state index contributed by atoms with van der Waals surface area (Å²) >= 11 is 5.13. The summed E-state index contributed by atoms with van der Waals surface area (Å²) in [6, 6.07) is 3.58. The van der Waals surface area contributed by atoms with E-state index < -0.39 is 0 Å². The second-order valence-electron chi connectivity index (χ2n) is 4.01. The zero-order valence-corrected chi connectivity index (χ0v) is 11.7. The Morgan fingerprint density at radius 3 is 3.00 bits per heavy atom. The van der Waals surface area contributed by atoms with Crippen molar-refractivity contribution in [3.63, 3.8) is 0 Å². The quantitative estimate of drug-likeness (QED) is 0.842. The second kappa shape index (κ2) is 5.94. The predicted molar refractivity (Wildman–Crippen MR) is 74.7 cm³/mol. The molecule has 6 nitrogen and oxygen atoms in total. The maximum absolute atomic E-state index is 12.4. The van der Waals surface area contributed by atoms with E-state index in [-0.39, 0.29) is 5.56 Å². The number of aromatic nitrogens is 4. The topological polar surface area (TPSA) is 64.8 Å². The van der Waals surface area contributed by atoms with Crippen LogP contribution in [0.15, 0.2) is 23.1 Å². The van der Waals surface area contributed by atoms with Crippen LogP contribution >= 0.6 is 12.2 Å². The normalized spacial score (nSPS) is 10.8. The van der Waals surface area contributed by atoms with Gasteiger partial charge in [-0.3, -0.25) is 9.89 Å². The molecule has 2 rings (SSSR count). The lowest BCUT2D eigenvalue weighted by atomic mass is 10.2. The number of H-pyrrole nitrogens is 1. The minimum absolute atomic E-state index is 0.0942. The third-order valence-electron chi connectivity index (χ3n) is 2.87. The maximum Gasteiger partial charge on any atom is 0.261 e. The van der Waals surface area contributed by atoms with E-state index in [2.05, 4.69) is 10.2 Å². The lowest BCUT2D eigenvalue weighted by Crippen LogP contribution is -2.23. The van der Waals surface area contributed by atoms with Gasteiger partial charge in [-0.25, -0.2) is 0 Å². The Morgan fingerprint density at radius 1 is 1.53 bits per heavy atom. The number of nitrogens with zero attached hydrogens (tertiary/aromatic N) is 3. The number of nitrogens with one attached hydrogen (secondary N) is 1. The molecule has 2 aromatic rings. The Balaban J connectivity index is 2.51. The lowest BCUT2D eigenvalue weighted by molar-refractivity contribution is 0.186. The molecule has 0 atom stereocenters. The molecule has 1 N–H and O–H groups in total. The lowest BCUT2D eigenvalue weighted by Gasteiger charge is -2.07. The zero-order chi connectivity index (χ0) is 13.8. The second-order valence-corrected chi connectivity index (χ2v) is 4.40. The van der Waals surface area contributed by atoms with Crippen molar-refractivity contribution in [2.45, 2.75) is 20.0 Å². The van der Waals surface area contributed by atoms with E-state index >= 15 is 0 Å². The Hall–Kier alpha value is -1.73. The summed E-state index contributed by atoms with van der Waals surface area (Å²) < 4.78 is 8.92. The number of hydrogen-bond donors (Lipinski definition) is 1. The first-order chi connectivity index (χ1) is 9.19. The summed E-state index contributed by atoms with van der Waals surface area (Å²) in [6.45, 7) is 3.63. The molecule has 0 radical (unpaired) electrons. The molecular weight excluding hydrogens is 264 g/mol. The maximum atomic E-state index is 12.4. The van der Waals surface area contributed by atoms with Crippen LogP contribution in [0.3, 0.4) is 0 Å². The van der Waals surface area contributed by atoms with Gasteiger partial charge in [0, 0.05) is 26.4 Å². The molecule has 0 aliphatic heterocycles. The number of hydrogen-bond acceptors (Lipinski definition) is 4. The molecular formula is C12H16N4O2S. The average Bonchev–Trinajstić information content (AvgIpc) is 2.78. The first kappa shape index (κ1) is 13.7. The van der Waals surface area contributed by atoms with Gasteiger partial charge in [-0.2, -0.15) is 5.10 Å². The van der Waals surface area contributed by atoms with Gasteiger partial charge in [-0.05, 0) is 31.3 Å². The molecule has 0 aromatic carbocycles. The molecule has 7 heteroatoms. The largest absolute Gasteiger partial charge is 0.383 e. The highest BCUT2D eigenvalue weighted by Gasteiger charge is 2.12. The Kier molecular flexibility index (Phi) is 4.28. The van der Waals surface area contributed by atoms with Gasteiger partial charge in [0.05, 0.1) is 12.2 Å². The first-order valence-electron chi connectivity index (χ1n) is 6.03. The summed E-state index contributed by atoms with van der Waals surface area (Å²) in [6.07, 6.45) is 1.74. The van der Waals surface area contributed by atoms with E-state index in [4.69, 9.17) is 17.0 Å². The minimum Gasteiger partial charge on any atom is -0.383 e. The molecule has 0 spiro atoms. The standard InChI is InChI=1S/C12H16N4O2S/c1-3-16-10(13-14-12(16)19)9-5-4-6-15(11(9)17)7-8-18-2/h4-6H,3,7-8H2,1-2H3,(H,14,19). The Bertz CT molecular complexity index is 671. The molecule has 19 heavy (non-hydrogen) atoms. The summed E-state index contributed by atoms with van der Waals surface area (Å²) in [4.78, 5) is 12.4. The van der Waals surface area contributed by atoms with Crippen molar-refractivity contribution in [3.05, 3.63) is 33.5 Å². The fourth-order valence-electron chi connectivity index (χ4n) is 1.89. The van der Waals surface area contributed by atoms with Crippen LogP contribution in [0.1, 0.15) is 6.92 Å². The molecule has 102 valence electrons. The molecule has 0 saturated carbocycles. The summed E-state index contributed by atoms with van der Waals surface area (Å²) in [7, 11) is 1.61. The molecule has 2 aromatic heterocycles. The molecule has 0 saturated heterocycles. The predicted octanol–water partition coefficient (Wildman–Crippen LogP) is 1.44. The Labute approximate surface area is 115 Å². The van der Waals surface area contributed by atoms with Crippen molar-refractivity contribution in [3.8, 4) is 11.4 Å². The van der Waals surface area contributed by atoms with Crippen molar-refractivity contribution in [2.75, 3.05) is 13.7 Å². The van der Waals surface area contributed by atoms with Crippen molar-refractivity contribution in [1.29, 1.82) is 0 Å². The van der Waals surface area contributed by atoms with E-state index in [1.54, 1.807) is 28.5 Å². The van der Waals surface area contributed by atoms with E-state index in [0.717, 1.165) is 0 Å². The fourth-order valence-corrected chi connectivity index (χ4v) is 2.15. The van der Waals surface area contributed by atoms with Crippen molar-refractivity contribution in [1.82, 2.24) is 19.3 Å². The fraction of sp³-hybridized carbons (Fsp3) is 0.417. The van der Waals surface area contributed by atoms with E-state index in [1.807, 2.05) is 13.0 Å². The van der Waals surface area contributed by atoms with Gasteiger partial charge in [0.25, 0.3) is 5.56 Å². The highest BCUT2D eigenvalue weighted by atomic mass is 32.1. The van der Waals surface area contributed by atoms with Crippen LogP contribution in [0.5, 0.6) is 0 Å². The van der Waals surface area contributed by atoms with Crippen LogP contribution in [0.4, 0.5) is 0 Å². The molecule has 0 aliphatic rings. The third kappa shape index (κ3) is 2.66. The van der Waals surface area contributed by atoms with Crippen LogP contribution < -0.4 is 5.56 Å². The smallest absolute Gasteiger partial charge is 0.261 e.